The van der Waals surface area contributed by atoms with Crippen LogP contribution in [0.15, 0.2) is 97.1 Å². The van der Waals surface area contributed by atoms with Crippen LogP contribution < -0.4 is 18.9 Å². The molecule has 0 aromatic heterocycles. The van der Waals surface area contributed by atoms with Gasteiger partial charge < -0.3 is 18.9 Å². The Labute approximate surface area is 201 Å². The van der Waals surface area contributed by atoms with Crippen LogP contribution in [0.25, 0.3) is 11.1 Å². The molecule has 0 unspecified atom stereocenters. The molecule has 4 aromatic carbocycles. The third-order valence-electron chi connectivity index (χ3n) is 5.76. The molecule has 0 spiro atoms. The van der Waals surface area contributed by atoms with Crippen LogP contribution in [0.2, 0.25) is 0 Å². The largest absolute Gasteiger partial charge is 0.497 e. The molecule has 0 aliphatic carbocycles. The van der Waals surface area contributed by atoms with E-state index in [1.165, 1.54) is 0 Å². The highest BCUT2D eigenvalue weighted by atomic mass is 16.5. The lowest BCUT2D eigenvalue weighted by atomic mass is 9.85. The number of methoxy groups -OCH3 is 4. The van der Waals surface area contributed by atoms with Gasteiger partial charge in [0.15, 0.2) is 0 Å². The molecule has 0 N–H and O–H groups in total. The number of hydrogen-bond acceptors (Lipinski definition) is 4. The second-order valence-corrected chi connectivity index (χ2v) is 7.66. The summed E-state index contributed by atoms with van der Waals surface area (Å²) in [6.45, 7) is 0. The minimum Gasteiger partial charge on any atom is -0.497 e. The van der Waals surface area contributed by atoms with Crippen LogP contribution in [0.1, 0.15) is 22.3 Å². The zero-order valence-corrected chi connectivity index (χ0v) is 19.9. The maximum atomic E-state index is 5.41. The minimum atomic E-state index is 0.813. The Balaban J connectivity index is 2.02. The molecule has 0 bridgehead atoms. The molecule has 0 radical (unpaired) electrons. The molecular weight excluding hydrogens is 424 g/mol. The molecule has 0 amide bonds. The van der Waals surface area contributed by atoms with E-state index in [1.54, 1.807) is 28.4 Å². The molecule has 4 heteroatoms. The predicted molar refractivity (Wildman–Crippen MR) is 137 cm³/mol. The van der Waals surface area contributed by atoms with Gasteiger partial charge in [-0.25, -0.2) is 0 Å². The molecular formula is C30H28O4. The molecule has 0 fully saturated rings. The van der Waals surface area contributed by atoms with Gasteiger partial charge in [0.1, 0.15) is 23.0 Å². The molecule has 34 heavy (non-hydrogen) atoms. The van der Waals surface area contributed by atoms with Gasteiger partial charge in [0.2, 0.25) is 0 Å². The Hall–Kier alpha value is -4.18. The predicted octanol–water partition coefficient (Wildman–Crippen LogP) is 6.73. The van der Waals surface area contributed by atoms with E-state index in [9.17, 15) is 0 Å². The summed E-state index contributed by atoms with van der Waals surface area (Å²) in [5.74, 6) is 3.25. The van der Waals surface area contributed by atoms with Gasteiger partial charge in [0.05, 0.1) is 28.4 Å². The normalized spacial score (nSPS) is 10.4. The van der Waals surface area contributed by atoms with Crippen molar-refractivity contribution in [2.24, 2.45) is 0 Å². The number of benzene rings is 4. The molecule has 0 heterocycles. The SMILES string of the molecule is COc1ccc(C(=C(c2ccc(OC)cc2)c2ccc(OC)cc2)c2ccc(OC)cc2)cc1. The smallest absolute Gasteiger partial charge is 0.118 e. The molecule has 4 aromatic rings. The first kappa shape index (κ1) is 23.0. The summed E-state index contributed by atoms with van der Waals surface area (Å²) in [7, 11) is 6.70. The van der Waals surface area contributed by atoms with Gasteiger partial charge in [-0.2, -0.15) is 0 Å². The van der Waals surface area contributed by atoms with Crippen molar-refractivity contribution in [2.75, 3.05) is 28.4 Å². The van der Waals surface area contributed by atoms with Crippen LogP contribution in [0.4, 0.5) is 0 Å². The summed E-state index contributed by atoms with van der Waals surface area (Å²) in [5.41, 5.74) is 6.50. The van der Waals surface area contributed by atoms with Crippen LogP contribution in [-0.4, -0.2) is 28.4 Å². The van der Waals surface area contributed by atoms with Crippen molar-refractivity contribution < 1.29 is 18.9 Å². The standard InChI is InChI=1S/C30H28O4/c1-31-25-13-5-21(6-14-25)29(22-7-15-26(32-2)16-8-22)30(23-9-17-27(33-3)18-10-23)24-11-19-28(34-4)20-12-24/h5-20H,1-4H3. The zero-order valence-electron chi connectivity index (χ0n) is 19.9. The highest BCUT2D eigenvalue weighted by molar-refractivity contribution is 6.04. The molecule has 0 saturated carbocycles. The van der Waals surface area contributed by atoms with E-state index in [1.807, 2.05) is 48.5 Å². The Bertz CT molecular complexity index is 1040. The molecule has 4 rings (SSSR count). The van der Waals surface area contributed by atoms with E-state index in [2.05, 4.69) is 48.5 Å². The quantitative estimate of drug-likeness (QED) is 0.278. The van der Waals surface area contributed by atoms with Gasteiger partial charge in [-0.3, -0.25) is 0 Å². The summed E-state index contributed by atoms with van der Waals surface area (Å²) in [4.78, 5) is 0. The van der Waals surface area contributed by atoms with E-state index in [0.717, 1.165) is 56.4 Å². The van der Waals surface area contributed by atoms with E-state index in [-0.39, 0.29) is 0 Å². The van der Waals surface area contributed by atoms with E-state index < -0.39 is 0 Å². The van der Waals surface area contributed by atoms with E-state index >= 15 is 0 Å². The van der Waals surface area contributed by atoms with Crippen LogP contribution >= 0.6 is 0 Å². The molecule has 4 nitrogen and oxygen atoms in total. The monoisotopic (exact) mass is 452 g/mol. The summed E-state index contributed by atoms with van der Waals surface area (Å²) < 4.78 is 21.6. The van der Waals surface area contributed by atoms with Gasteiger partial charge in [-0.15, -0.1) is 0 Å². The first-order chi connectivity index (χ1) is 16.7. The summed E-state index contributed by atoms with van der Waals surface area (Å²) >= 11 is 0. The lowest BCUT2D eigenvalue weighted by molar-refractivity contribution is 0.414. The van der Waals surface area contributed by atoms with E-state index in [0.29, 0.717) is 0 Å². The van der Waals surface area contributed by atoms with Crippen molar-refractivity contribution in [1.29, 1.82) is 0 Å². The Kier molecular flexibility index (Phi) is 7.19. The second-order valence-electron chi connectivity index (χ2n) is 7.66. The van der Waals surface area contributed by atoms with Gasteiger partial charge in [0.25, 0.3) is 0 Å². The summed E-state index contributed by atoms with van der Waals surface area (Å²) in [6.07, 6.45) is 0. The number of ether oxygens (including phenoxy) is 4. The third kappa shape index (κ3) is 4.91. The molecule has 0 aliphatic rings. The fourth-order valence-electron chi connectivity index (χ4n) is 3.94. The highest BCUT2D eigenvalue weighted by Gasteiger charge is 2.17. The average Bonchev–Trinajstić information content (AvgIpc) is 2.92. The van der Waals surface area contributed by atoms with Crippen molar-refractivity contribution >= 4 is 11.1 Å². The molecule has 172 valence electrons. The van der Waals surface area contributed by atoms with Crippen molar-refractivity contribution in [1.82, 2.24) is 0 Å². The summed E-state index contributed by atoms with van der Waals surface area (Å²) in [5, 5.41) is 0. The van der Waals surface area contributed by atoms with Crippen molar-refractivity contribution in [3.8, 4) is 23.0 Å². The van der Waals surface area contributed by atoms with Gasteiger partial charge in [-0.05, 0) is 81.9 Å². The van der Waals surface area contributed by atoms with Crippen LogP contribution in [-0.2, 0) is 0 Å². The first-order valence-corrected chi connectivity index (χ1v) is 11.0. The maximum absolute atomic E-state index is 5.41. The van der Waals surface area contributed by atoms with Gasteiger partial charge >= 0.3 is 0 Å². The van der Waals surface area contributed by atoms with Crippen LogP contribution in [0, 0.1) is 0 Å². The summed E-state index contributed by atoms with van der Waals surface area (Å²) in [6, 6.07) is 32.6. The second kappa shape index (κ2) is 10.6. The molecule has 0 atom stereocenters. The minimum absolute atomic E-state index is 0.813. The molecule has 0 saturated heterocycles. The van der Waals surface area contributed by atoms with E-state index in [4.69, 9.17) is 18.9 Å². The topological polar surface area (TPSA) is 36.9 Å². The van der Waals surface area contributed by atoms with Gasteiger partial charge in [-0.1, -0.05) is 48.5 Å². The van der Waals surface area contributed by atoms with Crippen molar-refractivity contribution in [2.45, 2.75) is 0 Å². The fraction of sp³-hybridized carbons (Fsp3) is 0.133. The highest BCUT2D eigenvalue weighted by Crippen LogP contribution is 2.38. The number of rotatable bonds is 8. The van der Waals surface area contributed by atoms with Gasteiger partial charge in [0, 0.05) is 0 Å². The Morgan fingerprint density at radius 3 is 0.647 bits per heavy atom. The Morgan fingerprint density at radius 2 is 0.500 bits per heavy atom. The van der Waals surface area contributed by atoms with Crippen LogP contribution in [0.5, 0.6) is 23.0 Å². The number of hydrogen-bond donors (Lipinski definition) is 0. The third-order valence-corrected chi connectivity index (χ3v) is 5.76. The first-order valence-electron chi connectivity index (χ1n) is 11.0. The lowest BCUT2D eigenvalue weighted by Gasteiger charge is -2.19. The Morgan fingerprint density at radius 1 is 0.324 bits per heavy atom. The average molecular weight is 453 g/mol. The maximum Gasteiger partial charge on any atom is 0.118 e. The lowest BCUT2D eigenvalue weighted by Crippen LogP contribution is -1.98. The van der Waals surface area contributed by atoms with Crippen molar-refractivity contribution in [3.63, 3.8) is 0 Å². The fourth-order valence-corrected chi connectivity index (χ4v) is 3.94. The zero-order chi connectivity index (χ0) is 23.9. The van der Waals surface area contributed by atoms with Crippen LogP contribution in [0.3, 0.4) is 0 Å². The van der Waals surface area contributed by atoms with Crippen molar-refractivity contribution in [3.05, 3.63) is 119 Å². The molecule has 0 aliphatic heterocycles.